The van der Waals surface area contributed by atoms with E-state index in [4.69, 9.17) is 0 Å². The average molecular weight is 480 g/mol. The number of aryl methyl sites for hydroxylation is 2. The molecule has 1 aliphatic rings. The monoisotopic (exact) mass is 480 g/mol. The molecule has 6 nitrogen and oxygen atoms in total. The van der Waals surface area contributed by atoms with Crippen LogP contribution in [0.4, 0.5) is 0 Å². The topological polar surface area (TPSA) is 82.6 Å². The van der Waals surface area contributed by atoms with E-state index < -0.39 is 10.0 Å². The fourth-order valence-electron chi connectivity index (χ4n) is 2.92. The SMILES string of the molecule is CN=C(NCCNS(C)(=O)=O)NC(C)c1ccc2c(c1)CCCC2.I. The summed E-state index contributed by atoms with van der Waals surface area (Å²) in [6.45, 7) is 2.91. The van der Waals surface area contributed by atoms with Crippen LogP contribution in [0.15, 0.2) is 23.2 Å². The van der Waals surface area contributed by atoms with Gasteiger partial charge < -0.3 is 10.6 Å². The molecule has 0 radical (unpaired) electrons. The molecule has 0 saturated heterocycles. The van der Waals surface area contributed by atoms with Gasteiger partial charge in [-0.05, 0) is 49.3 Å². The van der Waals surface area contributed by atoms with Gasteiger partial charge in [0.2, 0.25) is 10.0 Å². The van der Waals surface area contributed by atoms with Gasteiger partial charge in [0.1, 0.15) is 0 Å². The molecule has 2 rings (SSSR count). The molecule has 25 heavy (non-hydrogen) atoms. The van der Waals surface area contributed by atoms with Crippen molar-refractivity contribution < 1.29 is 8.42 Å². The number of nitrogens with one attached hydrogen (secondary N) is 3. The maximum atomic E-state index is 11.0. The predicted molar refractivity (Wildman–Crippen MR) is 114 cm³/mol. The van der Waals surface area contributed by atoms with Crippen molar-refractivity contribution in [3.8, 4) is 0 Å². The molecule has 3 N–H and O–H groups in total. The first-order valence-electron chi connectivity index (χ1n) is 8.42. The Morgan fingerprint density at radius 1 is 1.20 bits per heavy atom. The molecule has 0 heterocycles. The lowest BCUT2D eigenvalue weighted by Crippen LogP contribution is -2.42. The van der Waals surface area contributed by atoms with Gasteiger partial charge in [0.05, 0.1) is 12.3 Å². The number of rotatable bonds is 6. The molecular formula is C17H29IN4O2S. The Balaban J connectivity index is 0.00000312. The van der Waals surface area contributed by atoms with E-state index in [9.17, 15) is 8.42 Å². The number of sulfonamides is 1. The van der Waals surface area contributed by atoms with E-state index in [2.05, 4.69) is 45.5 Å². The fourth-order valence-corrected chi connectivity index (χ4v) is 3.40. The normalized spacial score (nSPS) is 15.7. The van der Waals surface area contributed by atoms with Gasteiger partial charge in [0.25, 0.3) is 0 Å². The second kappa shape index (κ2) is 10.3. The van der Waals surface area contributed by atoms with Crippen molar-refractivity contribution in [1.29, 1.82) is 0 Å². The Morgan fingerprint density at radius 3 is 2.52 bits per heavy atom. The van der Waals surface area contributed by atoms with Gasteiger partial charge in [-0.2, -0.15) is 0 Å². The van der Waals surface area contributed by atoms with Crippen molar-refractivity contribution in [1.82, 2.24) is 15.4 Å². The minimum Gasteiger partial charge on any atom is -0.355 e. The van der Waals surface area contributed by atoms with Gasteiger partial charge in [0.15, 0.2) is 5.96 Å². The number of benzene rings is 1. The molecule has 0 amide bonds. The van der Waals surface area contributed by atoms with Crippen molar-refractivity contribution in [3.63, 3.8) is 0 Å². The minimum absolute atomic E-state index is 0. The lowest BCUT2D eigenvalue weighted by molar-refractivity contribution is 0.586. The van der Waals surface area contributed by atoms with Gasteiger partial charge >= 0.3 is 0 Å². The van der Waals surface area contributed by atoms with E-state index in [0.717, 1.165) is 6.26 Å². The maximum Gasteiger partial charge on any atom is 0.208 e. The quantitative estimate of drug-likeness (QED) is 0.252. The second-order valence-electron chi connectivity index (χ2n) is 6.27. The number of guanidine groups is 1. The molecule has 0 aliphatic heterocycles. The van der Waals surface area contributed by atoms with Crippen LogP contribution < -0.4 is 15.4 Å². The van der Waals surface area contributed by atoms with E-state index in [1.807, 2.05) is 0 Å². The molecule has 0 fully saturated rings. The van der Waals surface area contributed by atoms with Crippen LogP contribution in [0.1, 0.15) is 42.5 Å². The maximum absolute atomic E-state index is 11.0. The van der Waals surface area contributed by atoms with Crippen LogP contribution in [0.5, 0.6) is 0 Å². The highest BCUT2D eigenvalue weighted by Gasteiger charge is 2.13. The van der Waals surface area contributed by atoms with E-state index in [1.54, 1.807) is 7.05 Å². The van der Waals surface area contributed by atoms with E-state index in [0.29, 0.717) is 19.0 Å². The third-order valence-corrected chi connectivity index (χ3v) is 4.96. The number of halogens is 1. The molecule has 0 bridgehead atoms. The zero-order chi connectivity index (χ0) is 17.6. The first-order chi connectivity index (χ1) is 11.4. The van der Waals surface area contributed by atoms with Crippen molar-refractivity contribution in [2.75, 3.05) is 26.4 Å². The fraction of sp³-hybridized carbons (Fsp3) is 0.588. The number of aliphatic imine (C=N–C) groups is 1. The summed E-state index contributed by atoms with van der Waals surface area (Å²) in [5, 5.41) is 6.47. The average Bonchev–Trinajstić information content (AvgIpc) is 2.56. The summed E-state index contributed by atoms with van der Waals surface area (Å²) in [5.74, 6) is 0.663. The highest BCUT2D eigenvalue weighted by molar-refractivity contribution is 14.0. The Kier molecular flexibility index (Phi) is 9.15. The first-order valence-corrected chi connectivity index (χ1v) is 10.3. The Morgan fingerprint density at radius 2 is 1.88 bits per heavy atom. The van der Waals surface area contributed by atoms with E-state index in [1.165, 1.54) is 42.4 Å². The van der Waals surface area contributed by atoms with Crippen LogP contribution in [0.25, 0.3) is 0 Å². The highest BCUT2D eigenvalue weighted by atomic mass is 127. The van der Waals surface area contributed by atoms with Gasteiger partial charge in [-0.25, -0.2) is 13.1 Å². The van der Waals surface area contributed by atoms with Gasteiger partial charge in [-0.1, -0.05) is 18.2 Å². The Hall–Kier alpha value is -0.870. The van der Waals surface area contributed by atoms with Crippen molar-refractivity contribution in [3.05, 3.63) is 34.9 Å². The number of nitrogens with zero attached hydrogens (tertiary/aromatic N) is 1. The molecular weight excluding hydrogens is 451 g/mol. The summed E-state index contributed by atoms with van der Waals surface area (Å²) in [4.78, 5) is 4.19. The second-order valence-corrected chi connectivity index (χ2v) is 8.10. The van der Waals surface area contributed by atoms with Crippen molar-refractivity contribution in [2.24, 2.45) is 4.99 Å². The summed E-state index contributed by atoms with van der Waals surface area (Å²) in [6, 6.07) is 6.85. The van der Waals surface area contributed by atoms with Gasteiger partial charge in [-0.3, -0.25) is 4.99 Å². The molecule has 1 aromatic rings. The smallest absolute Gasteiger partial charge is 0.208 e. The minimum atomic E-state index is -3.15. The zero-order valence-electron chi connectivity index (χ0n) is 15.1. The Labute approximate surface area is 168 Å². The van der Waals surface area contributed by atoms with E-state index >= 15 is 0 Å². The molecule has 1 aliphatic carbocycles. The van der Waals surface area contributed by atoms with Crippen LogP contribution >= 0.6 is 24.0 Å². The standard InChI is InChI=1S/C17H28N4O2S.HI/c1-13(15-9-8-14-6-4-5-7-16(14)12-15)21-17(18-2)19-10-11-20-24(3,22)23;/h8-9,12-13,20H,4-7,10-11H2,1-3H3,(H2,18,19,21);1H. The molecule has 0 spiro atoms. The van der Waals surface area contributed by atoms with Crippen LogP contribution in [0, 0.1) is 0 Å². The lowest BCUT2D eigenvalue weighted by atomic mass is 9.89. The summed E-state index contributed by atoms with van der Waals surface area (Å²) >= 11 is 0. The van der Waals surface area contributed by atoms with Crippen molar-refractivity contribution >= 4 is 40.0 Å². The van der Waals surface area contributed by atoms with Crippen molar-refractivity contribution in [2.45, 2.75) is 38.6 Å². The number of fused-ring (bicyclic) bond motifs is 1. The van der Waals surface area contributed by atoms with Crippen LogP contribution in [0.3, 0.4) is 0 Å². The molecule has 0 aromatic heterocycles. The molecule has 1 atom stereocenters. The summed E-state index contributed by atoms with van der Waals surface area (Å²) in [6.07, 6.45) is 6.07. The Bertz CT molecular complexity index is 692. The lowest BCUT2D eigenvalue weighted by Gasteiger charge is -2.21. The zero-order valence-corrected chi connectivity index (χ0v) is 18.3. The molecule has 8 heteroatoms. The van der Waals surface area contributed by atoms with Gasteiger partial charge in [0, 0.05) is 20.1 Å². The largest absolute Gasteiger partial charge is 0.355 e. The number of hydrogen-bond acceptors (Lipinski definition) is 3. The summed E-state index contributed by atoms with van der Waals surface area (Å²) < 4.78 is 24.5. The highest BCUT2D eigenvalue weighted by Crippen LogP contribution is 2.24. The number of hydrogen-bond donors (Lipinski definition) is 3. The molecule has 142 valence electrons. The first kappa shape index (κ1) is 22.2. The third kappa shape index (κ3) is 7.49. The van der Waals surface area contributed by atoms with Gasteiger partial charge in [-0.15, -0.1) is 24.0 Å². The molecule has 1 aromatic carbocycles. The molecule has 1 unspecified atom stereocenters. The summed E-state index contributed by atoms with van der Waals surface area (Å²) in [7, 11) is -1.45. The third-order valence-electron chi connectivity index (χ3n) is 4.23. The van der Waals surface area contributed by atoms with Crippen LogP contribution in [-0.2, 0) is 22.9 Å². The molecule has 0 saturated carbocycles. The van der Waals surface area contributed by atoms with Crippen LogP contribution in [-0.4, -0.2) is 40.8 Å². The van der Waals surface area contributed by atoms with Crippen LogP contribution in [0.2, 0.25) is 0 Å². The van der Waals surface area contributed by atoms with E-state index in [-0.39, 0.29) is 30.0 Å². The summed E-state index contributed by atoms with van der Waals surface area (Å²) in [5.41, 5.74) is 4.19. The predicted octanol–water partition coefficient (Wildman–Crippen LogP) is 1.96.